The van der Waals surface area contributed by atoms with Crippen molar-refractivity contribution in [2.45, 2.75) is 13.0 Å². The fourth-order valence-corrected chi connectivity index (χ4v) is 1.00. The molecule has 0 aromatic heterocycles. The maximum absolute atomic E-state index is 13.3. The van der Waals surface area contributed by atoms with Gasteiger partial charge >= 0.3 is 5.69 Å². The first-order valence-electron chi connectivity index (χ1n) is 4.47. The second-order valence-electron chi connectivity index (χ2n) is 3.21. The molecule has 1 aromatic rings. The standard InChI is InChI=1S/C9H9F2N3O3/c1-4(9(12)13)17-8-3-5(10)7(14(15)16)2-6(8)11/h2-4H,1H3,(H3,12,13). The van der Waals surface area contributed by atoms with Gasteiger partial charge in [-0.3, -0.25) is 15.5 Å². The molecule has 0 radical (unpaired) electrons. The van der Waals surface area contributed by atoms with Crippen LogP contribution in [-0.2, 0) is 0 Å². The van der Waals surface area contributed by atoms with Gasteiger partial charge in [-0.15, -0.1) is 0 Å². The number of nitro benzene ring substituents is 1. The van der Waals surface area contributed by atoms with E-state index in [0.717, 1.165) is 0 Å². The second-order valence-corrected chi connectivity index (χ2v) is 3.21. The lowest BCUT2D eigenvalue weighted by Crippen LogP contribution is -2.30. The van der Waals surface area contributed by atoms with Gasteiger partial charge in [-0.05, 0) is 6.92 Å². The first-order chi connectivity index (χ1) is 7.82. The predicted octanol–water partition coefficient (Wildman–Crippen LogP) is 1.58. The number of hydrogen-bond acceptors (Lipinski definition) is 4. The zero-order valence-corrected chi connectivity index (χ0v) is 8.74. The summed E-state index contributed by atoms with van der Waals surface area (Å²) in [5.41, 5.74) is 4.10. The van der Waals surface area contributed by atoms with E-state index in [9.17, 15) is 18.9 Å². The Balaban J connectivity index is 3.08. The molecule has 0 saturated heterocycles. The summed E-state index contributed by atoms with van der Waals surface area (Å²) in [6.07, 6.45) is -0.953. The fraction of sp³-hybridized carbons (Fsp3) is 0.222. The molecule has 0 fully saturated rings. The van der Waals surface area contributed by atoms with Crippen molar-refractivity contribution in [1.29, 1.82) is 5.41 Å². The van der Waals surface area contributed by atoms with Gasteiger partial charge in [0.05, 0.1) is 11.0 Å². The van der Waals surface area contributed by atoms with E-state index in [-0.39, 0.29) is 5.84 Å². The van der Waals surface area contributed by atoms with Gasteiger partial charge in [-0.1, -0.05) is 0 Å². The Bertz CT molecular complexity index is 479. The highest BCUT2D eigenvalue weighted by molar-refractivity contribution is 5.81. The Hall–Kier alpha value is -2.25. The van der Waals surface area contributed by atoms with E-state index in [2.05, 4.69) is 0 Å². The molecule has 0 spiro atoms. The number of benzene rings is 1. The van der Waals surface area contributed by atoms with Crippen LogP contribution in [0.2, 0.25) is 0 Å². The van der Waals surface area contributed by atoms with Gasteiger partial charge in [0.15, 0.2) is 17.7 Å². The number of nitro groups is 1. The van der Waals surface area contributed by atoms with E-state index in [1.54, 1.807) is 0 Å². The van der Waals surface area contributed by atoms with Gasteiger partial charge in [0.25, 0.3) is 0 Å². The summed E-state index contributed by atoms with van der Waals surface area (Å²) in [7, 11) is 0. The molecule has 0 aliphatic rings. The molecular formula is C9H9F2N3O3. The molecule has 3 N–H and O–H groups in total. The largest absolute Gasteiger partial charge is 0.480 e. The highest BCUT2D eigenvalue weighted by atomic mass is 19.1. The number of ether oxygens (including phenoxy) is 1. The summed E-state index contributed by atoms with van der Waals surface area (Å²) in [6, 6.07) is 0.963. The van der Waals surface area contributed by atoms with Crippen molar-refractivity contribution in [2.75, 3.05) is 0 Å². The van der Waals surface area contributed by atoms with Crippen LogP contribution in [0.5, 0.6) is 5.75 Å². The Morgan fingerprint density at radius 1 is 1.53 bits per heavy atom. The number of amidine groups is 1. The van der Waals surface area contributed by atoms with Crippen molar-refractivity contribution in [2.24, 2.45) is 5.73 Å². The maximum Gasteiger partial charge on any atom is 0.307 e. The van der Waals surface area contributed by atoms with Crippen LogP contribution in [0.1, 0.15) is 6.92 Å². The van der Waals surface area contributed by atoms with Gasteiger partial charge in [-0.25, -0.2) is 4.39 Å². The molecule has 0 aliphatic carbocycles. The van der Waals surface area contributed by atoms with E-state index in [4.69, 9.17) is 15.9 Å². The van der Waals surface area contributed by atoms with Crippen LogP contribution in [0.3, 0.4) is 0 Å². The predicted molar refractivity (Wildman–Crippen MR) is 55.0 cm³/mol. The first kappa shape index (κ1) is 12.8. The third-order valence-corrected chi connectivity index (χ3v) is 1.94. The van der Waals surface area contributed by atoms with Crippen LogP contribution in [0, 0.1) is 27.2 Å². The molecule has 6 nitrogen and oxygen atoms in total. The Labute approximate surface area is 94.6 Å². The lowest BCUT2D eigenvalue weighted by atomic mass is 10.2. The lowest BCUT2D eigenvalue weighted by molar-refractivity contribution is -0.387. The van der Waals surface area contributed by atoms with Crippen molar-refractivity contribution in [3.8, 4) is 5.75 Å². The van der Waals surface area contributed by atoms with Crippen molar-refractivity contribution in [1.82, 2.24) is 0 Å². The number of rotatable bonds is 4. The first-order valence-corrected chi connectivity index (χ1v) is 4.47. The van der Waals surface area contributed by atoms with Crippen molar-refractivity contribution >= 4 is 11.5 Å². The highest BCUT2D eigenvalue weighted by Gasteiger charge is 2.20. The molecule has 1 rings (SSSR count). The van der Waals surface area contributed by atoms with Gasteiger partial charge in [0, 0.05) is 6.07 Å². The average molecular weight is 245 g/mol. The zero-order chi connectivity index (χ0) is 13.2. The zero-order valence-electron chi connectivity index (χ0n) is 8.74. The van der Waals surface area contributed by atoms with Crippen molar-refractivity contribution < 1.29 is 18.4 Å². The number of nitrogens with zero attached hydrogens (tertiary/aromatic N) is 1. The lowest BCUT2D eigenvalue weighted by Gasteiger charge is -2.13. The third kappa shape index (κ3) is 2.86. The Kier molecular flexibility index (Phi) is 3.56. The number of hydrogen-bond donors (Lipinski definition) is 2. The molecule has 0 amide bonds. The third-order valence-electron chi connectivity index (χ3n) is 1.94. The molecule has 0 saturated carbocycles. The summed E-state index contributed by atoms with van der Waals surface area (Å²) < 4.78 is 31.3. The molecular weight excluding hydrogens is 236 g/mol. The molecule has 1 atom stereocenters. The minimum Gasteiger partial charge on any atom is -0.480 e. The second kappa shape index (κ2) is 4.73. The number of halogens is 2. The average Bonchev–Trinajstić information content (AvgIpc) is 2.22. The summed E-state index contributed by atoms with van der Waals surface area (Å²) in [4.78, 5) is 9.27. The summed E-state index contributed by atoms with van der Waals surface area (Å²) in [6.45, 7) is 1.36. The smallest absolute Gasteiger partial charge is 0.307 e. The van der Waals surface area contributed by atoms with Gasteiger partial charge in [-0.2, -0.15) is 4.39 Å². The van der Waals surface area contributed by atoms with Crippen LogP contribution >= 0.6 is 0 Å². The molecule has 17 heavy (non-hydrogen) atoms. The summed E-state index contributed by atoms with van der Waals surface area (Å²) in [5.74, 6) is -3.22. The van der Waals surface area contributed by atoms with Gasteiger partial charge < -0.3 is 10.5 Å². The van der Waals surface area contributed by atoms with Crippen molar-refractivity contribution in [3.05, 3.63) is 33.9 Å². The van der Waals surface area contributed by atoms with Gasteiger partial charge in [0.2, 0.25) is 5.82 Å². The van der Waals surface area contributed by atoms with E-state index < -0.39 is 34.1 Å². The summed E-state index contributed by atoms with van der Waals surface area (Å²) in [5, 5.41) is 17.3. The maximum atomic E-state index is 13.3. The fourth-order valence-electron chi connectivity index (χ4n) is 1.00. The Morgan fingerprint density at radius 3 is 2.59 bits per heavy atom. The van der Waals surface area contributed by atoms with E-state index in [1.165, 1.54) is 6.92 Å². The van der Waals surface area contributed by atoms with E-state index >= 15 is 0 Å². The quantitative estimate of drug-likeness (QED) is 0.363. The molecule has 0 bridgehead atoms. The van der Waals surface area contributed by atoms with Gasteiger partial charge in [0.1, 0.15) is 5.84 Å². The monoisotopic (exact) mass is 245 g/mol. The normalized spacial score (nSPS) is 11.9. The SMILES string of the molecule is CC(Oc1cc(F)c([N+](=O)[O-])cc1F)C(=N)N. The van der Waals surface area contributed by atoms with E-state index in [1.807, 2.05) is 0 Å². The molecule has 0 aliphatic heterocycles. The molecule has 1 unspecified atom stereocenters. The van der Waals surface area contributed by atoms with Crippen LogP contribution in [0.4, 0.5) is 14.5 Å². The van der Waals surface area contributed by atoms with E-state index in [0.29, 0.717) is 12.1 Å². The number of nitrogens with one attached hydrogen (secondary N) is 1. The molecule has 0 heterocycles. The van der Waals surface area contributed by atoms with Crippen LogP contribution in [0.25, 0.3) is 0 Å². The molecule has 92 valence electrons. The van der Waals surface area contributed by atoms with Crippen LogP contribution < -0.4 is 10.5 Å². The van der Waals surface area contributed by atoms with Crippen LogP contribution in [-0.4, -0.2) is 16.9 Å². The Morgan fingerprint density at radius 2 is 2.12 bits per heavy atom. The van der Waals surface area contributed by atoms with Crippen molar-refractivity contribution in [3.63, 3.8) is 0 Å². The summed E-state index contributed by atoms with van der Waals surface area (Å²) >= 11 is 0. The van der Waals surface area contributed by atoms with Crippen LogP contribution in [0.15, 0.2) is 12.1 Å². The molecule has 1 aromatic carbocycles. The molecule has 8 heteroatoms. The minimum atomic E-state index is -1.22. The number of nitrogens with two attached hydrogens (primary N) is 1. The minimum absolute atomic E-state index is 0.372. The topological polar surface area (TPSA) is 102 Å². The highest BCUT2D eigenvalue weighted by Crippen LogP contribution is 2.26.